The predicted octanol–water partition coefficient (Wildman–Crippen LogP) is 2.92. The highest BCUT2D eigenvalue weighted by Crippen LogP contribution is 2.46. The number of imide groups is 2. The fraction of sp³-hybridized carbons (Fsp3) is 0.346. The van der Waals surface area contributed by atoms with Gasteiger partial charge in [-0.2, -0.15) is 0 Å². The third-order valence-corrected chi connectivity index (χ3v) is 8.01. The van der Waals surface area contributed by atoms with Crippen molar-refractivity contribution in [2.75, 3.05) is 11.4 Å². The van der Waals surface area contributed by atoms with E-state index in [2.05, 4.69) is 5.32 Å². The first kappa shape index (κ1) is 22.7. The predicted molar refractivity (Wildman–Crippen MR) is 133 cm³/mol. The van der Waals surface area contributed by atoms with Crippen molar-refractivity contribution in [3.63, 3.8) is 0 Å². The number of carbonyl (C=O) groups excluding carboxylic acids is 3. The zero-order valence-corrected chi connectivity index (χ0v) is 20.2. The Morgan fingerprint density at radius 3 is 2.67 bits per heavy atom. The van der Waals surface area contributed by atoms with Crippen LogP contribution >= 0.6 is 11.6 Å². The summed E-state index contributed by atoms with van der Waals surface area (Å²) in [4.78, 5) is 62.2. The summed E-state index contributed by atoms with van der Waals surface area (Å²) in [6.45, 7) is 0.488. The number of nitrogens with one attached hydrogen (secondary N) is 1. The Balaban J connectivity index is 1.53. The van der Waals surface area contributed by atoms with Gasteiger partial charge in [-0.15, -0.1) is 0 Å². The first-order chi connectivity index (χ1) is 17.4. The van der Waals surface area contributed by atoms with Gasteiger partial charge >= 0.3 is 6.03 Å². The molecule has 4 amide bonds. The second kappa shape index (κ2) is 8.44. The number of hydrogen-bond donors (Lipinski definition) is 1. The Hall–Kier alpha value is -3.72. The molecule has 10 heteroatoms. The van der Waals surface area contributed by atoms with Crippen molar-refractivity contribution < 1.29 is 14.4 Å². The third-order valence-electron chi connectivity index (χ3n) is 7.64. The van der Waals surface area contributed by atoms with E-state index in [1.807, 2.05) is 11.0 Å². The van der Waals surface area contributed by atoms with E-state index in [1.165, 1.54) is 4.40 Å². The van der Waals surface area contributed by atoms with E-state index in [4.69, 9.17) is 16.6 Å². The molecule has 6 rings (SSSR count). The summed E-state index contributed by atoms with van der Waals surface area (Å²) < 4.78 is 1.43. The lowest BCUT2D eigenvalue weighted by atomic mass is 9.68. The molecule has 9 nitrogen and oxygen atoms in total. The van der Waals surface area contributed by atoms with Gasteiger partial charge in [-0.05, 0) is 36.6 Å². The van der Waals surface area contributed by atoms with Crippen LogP contribution in [-0.4, -0.2) is 44.7 Å². The number of pyridine rings is 1. The minimum absolute atomic E-state index is 0.0755. The van der Waals surface area contributed by atoms with E-state index in [0.717, 1.165) is 24.2 Å². The minimum Gasteiger partial charge on any atom is -0.352 e. The number of hydrogen-bond acceptors (Lipinski definition) is 6. The van der Waals surface area contributed by atoms with Crippen LogP contribution in [0.2, 0.25) is 5.02 Å². The molecule has 2 aromatic heterocycles. The van der Waals surface area contributed by atoms with Crippen molar-refractivity contribution in [2.24, 2.45) is 5.41 Å². The molecule has 3 aliphatic rings. The average Bonchev–Trinajstić information content (AvgIpc) is 3.14. The van der Waals surface area contributed by atoms with E-state index in [-0.39, 0.29) is 18.5 Å². The van der Waals surface area contributed by atoms with Crippen LogP contribution in [0.4, 0.5) is 10.6 Å². The summed E-state index contributed by atoms with van der Waals surface area (Å²) in [5.41, 5.74) is -0.528. The summed E-state index contributed by atoms with van der Waals surface area (Å²) in [6, 6.07) is 11.0. The van der Waals surface area contributed by atoms with Crippen molar-refractivity contribution >= 4 is 40.9 Å². The molecule has 3 aliphatic heterocycles. The van der Waals surface area contributed by atoms with Crippen LogP contribution in [0.3, 0.4) is 0 Å². The zero-order valence-electron chi connectivity index (χ0n) is 19.4. The van der Waals surface area contributed by atoms with Gasteiger partial charge in [0.05, 0.1) is 18.2 Å². The lowest BCUT2D eigenvalue weighted by molar-refractivity contribution is -0.154. The molecule has 0 bridgehead atoms. The highest BCUT2D eigenvalue weighted by molar-refractivity contribution is 6.31. The summed E-state index contributed by atoms with van der Waals surface area (Å²) >= 11 is 6.32. The normalized spacial score (nSPS) is 23.9. The van der Waals surface area contributed by atoms with E-state index < -0.39 is 29.3 Å². The van der Waals surface area contributed by atoms with E-state index in [9.17, 15) is 19.2 Å². The van der Waals surface area contributed by atoms with Gasteiger partial charge in [0.1, 0.15) is 11.5 Å². The highest BCUT2D eigenvalue weighted by Gasteiger charge is 2.62. The third kappa shape index (κ3) is 3.26. The lowest BCUT2D eigenvalue weighted by Gasteiger charge is -2.50. The Morgan fingerprint density at radius 1 is 1.03 bits per heavy atom. The number of benzene rings is 1. The van der Waals surface area contributed by atoms with Crippen LogP contribution in [0.15, 0.2) is 53.5 Å². The van der Waals surface area contributed by atoms with Crippen molar-refractivity contribution in [3.8, 4) is 0 Å². The summed E-state index contributed by atoms with van der Waals surface area (Å²) in [6.07, 6.45) is 4.68. The first-order valence-electron chi connectivity index (χ1n) is 12.1. The standard InChI is InChI=1S/C26H24ClN5O4/c27-18-9-4-3-8-16(18)15-32-24(35)26(23(34)29-25(32)36)14-17-21(30-12-6-1-2-10-19(26)30)28-20-11-5-7-13-31(20)22(17)33/h3-5,7-9,11,13,19H,1-2,6,10,12,14-15H2,(H,29,34,36)/t19-,26-/m0/s1. The fourth-order valence-corrected chi connectivity index (χ4v) is 6.07. The largest absolute Gasteiger partial charge is 0.352 e. The summed E-state index contributed by atoms with van der Waals surface area (Å²) in [7, 11) is 0. The zero-order chi connectivity index (χ0) is 25.0. The number of fused-ring (bicyclic) bond motifs is 5. The Bertz CT molecular complexity index is 1490. The number of amides is 4. The van der Waals surface area contributed by atoms with E-state index in [1.54, 1.807) is 42.6 Å². The van der Waals surface area contributed by atoms with Crippen LogP contribution in [0.1, 0.15) is 36.8 Å². The summed E-state index contributed by atoms with van der Waals surface area (Å²) in [5.74, 6) is -0.733. The number of halogens is 1. The molecule has 2 fully saturated rings. The Morgan fingerprint density at radius 2 is 1.83 bits per heavy atom. The molecular formula is C26H24ClN5O4. The fourth-order valence-electron chi connectivity index (χ4n) is 5.87. The van der Waals surface area contributed by atoms with Crippen molar-refractivity contribution in [1.29, 1.82) is 0 Å². The summed E-state index contributed by atoms with van der Waals surface area (Å²) in [5, 5.41) is 2.85. The number of aromatic nitrogens is 2. The van der Waals surface area contributed by atoms with Crippen LogP contribution in [-0.2, 0) is 22.6 Å². The number of anilines is 1. The molecule has 1 aromatic carbocycles. The maximum Gasteiger partial charge on any atom is 0.331 e. The monoisotopic (exact) mass is 505 g/mol. The van der Waals surface area contributed by atoms with Gasteiger partial charge in [0.15, 0.2) is 5.41 Å². The van der Waals surface area contributed by atoms with Crippen LogP contribution in [0.5, 0.6) is 0 Å². The van der Waals surface area contributed by atoms with Gasteiger partial charge in [-0.1, -0.05) is 48.7 Å². The molecule has 5 heterocycles. The van der Waals surface area contributed by atoms with Gasteiger partial charge in [0.2, 0.25) is 11.8 Å². The quantitative estimate of drug-likeness (QED) is 0.537. The maximum absolute atomic E-state index is 14.2. The smallest absolute Gasteiger partial charge is 0.331 e. The van der Waals surface area contributed by atoms with Crippen molar-refractivity contribution in [2.45, 2.75) is 44.7 Å². The second-order valence-corrected chi connectivity index (χ2v) is 10.0. The molecule has 184 valence electrons. The van der Waals surface area contributed by atoms with Crippen LogP contribution in [0, 0.1) is 5.41 Å². The van der Waals surface area contributed by atoms with Crippen LogP contribution < -0.4 is 15.8 Å². The molecule has 1 spiro atoms. The van der Waals surface area contributed by atoms with Crippen molar-refractivity contribution in [3.05, 3.63) is 75.2 Å². The lowest BCUT2D eigenvalue weighted by Crippen LogP contribution is -2.72. The number of rotatable bonds is 2. The van der Waals surface area contributed by atoms with Crippen molar-refractivity contribution in [1.82, 2.24) is 19.6 Å². The first-order valence-corrected chi connectivity index (χ1v) is 12.5. The molecule has 3 aromatic rings. The molecule has 36 heavy (non-hydrogen) atoms. The molecule has 2 saturated heterocycles. The van der Waals surface area contributed by atoms with E-state index in [0.29, 0.717) is 40.6 Å². The van der Waals surface area contributed by atoms with Gasteiger partial charge in [0, 0.05) is 24.2 Å². The van der Waals surface area contributed by atoms with Gasteiger partial charge in [0.25, 0.3) is 5.56 Å². The number of barbiturate groups is 1. The Labute approximate surface area is 211 Å². The number of nitrogens with zero attached hydrogens (tertiary/aromatic N) is 4. The Kier molecular flexibility index (Phi) is 5.33. The molecule has 0 aliphatic carbocycles. The number of urea groups is 1. The molecule has 0 radical (unpaired) electrons. The molecule has 1 N–H and O–H groups in total. The molecular weight excluding hydrogens is 482 g/mol. The SMILES string of the molecule is O=C1NC(=O)[C@@]2(Cc3c(nc4ccccn4c3=O)N3CCCCC[C@H]32)C(=O)N1Cc1ccccc1Cl. The van der Waals surface area contributed by atoms with Gasteiger partial charge < -0.3 is 4.90 Å². The highest BCUT2D eigenvalue weighted by atomic mass is 35.5. The van der Waals surface area contributed by atoms with Gasteiger partial charge in [-0.3, -0.25) is 29.0 Å². The molecule has 2 atom stereocenters. The molecule has 0 saturated carbocycles. The second-order valence-electron chi connectivity index (χ2n) is 9.60. The molecule has 0 unspecified atom stereocenters. The van der Waals surface area contributed by atoms with E-state index >= 15 is 0 Å². The van der Waals surface area contributed by atoms with Gasteiger partial charge in [-0.25, -0.2) is 9.78 Å². The topological polar surface area (TPSA) is 104 Å². The van der Waals surface area contributed by atoms with Crippen LogP contribution in [0.25, 0.3) is 5.65 Å². The number of carbonyl (C=O) groups is 3. The maximum atomic E-state index is 14.2. The average molecular weight is 506 g/mol. The minimum atomic E-state index is -1.63.